The molecular weight excluding hydrogens is 492 g/mol. The number of fused-ring (bicyclic) bond motifs is 1. The SMILES string of the molecule is CC(C)c1cc(C(=O)N2Cc3ccc(CCCN(C4CCCC4)C4(C(=O)O)CCCC4)cc3C2)c(O)cc1O. The third-order valence-electron chi connectivity index (χ3n) is 9.29. The van der Waals surface area contributed by atoms with Gasteiger partial charge in [-0.2, -0.15) is 0 Å². The Kier molecular flexibility index (Phi) is 7.90. The minimum Gasteiger partial charge on any atom is -0.508 e. The molecule has 0 unspecified atom stereocenters. The fourth-order valence-corrected chi connectivity index (χ4v) is 7.14. The Bertz CT molecular complexity index is 1230. The summed E-state index contributed by atoms with van der Waals surface area (Å²) in [5, 5.41) is 30.8. The van der Waals surface area contributed by atoms with Gasteiger partial charge in [-0.05, 0) is 79.3 Å². The summed E-state index contributed by atoms with van der Waals surface area (Å²) >= 11 is 0. The summed E-state index contributed by atoms with van der Waals surface area (Å²) in [6, 6.07) is 9.66. The lowest BCUT2D eigenvalue weighted by Crippen LogP contribution is -2.56. The molecule has 0 aromatic heterocycles. The van der Waals surface area contributed by atoms with Crippen LogP contribution in [0.3, 0.4) is 0 Å². The van der Waals surface area contributed by atoms with Gasteiger partial charge in [-0.3, -0.25) is 14.5 Å². The van der Waals surface area contributed by atoms with Crippen LogP contribution >= 0.6 is 0 Å². The molecule has 3 aliphatic rings. The summed E-state index contributed by atoms with van der Waals surface area (Å²) in [7, 11) is 0. The number of phenolic OH excluding ortho intramolecular Hbond substituents is 2. The highest BCUT2D eigenvalue weighted by molar-refractivity contribution is 5.97. The quantitative estimate of drug-likeness (QED) is 0.367. The van der Waals surface area contributed by atoms with Crippen molar-refractivity contribution in [1.82, 2.24) is 9.80 Å². The number of carboxylic acid groups (broad SMARTS) is 1. The van der Waals surface area contributed by atoms with E-state index in [1.165, 1.54) is 24.5 Å². The molecule has 0 saturated heterocycles. The fraction of sp³-hybridized carbons (Fsp3) is 0.562. The molecule has 2 saturated carbocycles. The van der Waals surface area contributed by atoms with Crippen molar-refractivity contribution in [2.75, 3.05) is 6.54 Å². The Morgan fingerprint density at radius 3 is 2.33 bits per heavy atom. The van der Waals surface area contributed by atoms with Gasteiger partial charge >= 0.3 is 5.97 Å². The van der Waals surface area contributed by atoms with Crippen LogP contribution in [-0.4, -0.2) is 55.1 Å². The molecule has 0 bridgehead atoms. The minimum absolute atomic E-state index is 0.00195. The van der Waals surface area contributed by atoms with Crippen LogP contribution in [0.4, 0.5) is 0 Å². The maximum absolute atomic E-state index is 13.3. The van der Waals surface area contributed by atoms with Crippen LogP contribution < -0.4 is 0 Å². The van der Waals surface area contributed by atoms with Crippen molar-refractivity contribution in [1.29, 1.82) is 0 Å². The lowest BCUT2D eigenvalue weighted by atomic mass is 9.91. The van der Waals surface area contributed by atoms with E-state index >= 15 is 0 Å². The Labute approximate surface area is 231 Å². The van der Waals surface area contributed by atoms with E-state index in [1.54, 1.807) is 11.0 Å². The first kappa shape index (κ1) is 27.5. The number of hydrogen-bond acceptors (Lipinski definition) is 5. The number of phenols is 2. The van der Waals surface area contributed by atoms with Crippen molar-refractivity contribution in [2.45, 2.75) is 109 Å². The number of hydrogen-bond donors (Lipinski definition) is 3. The molecule has 1 amide bonds. The van der Waals surface area contributed by atoms with Crippen LogP contribution in [0.1, 0.15) is 110 Å². The molecule has 210 valence electrons. The zero-order chi connectivity index (χ0) is 27.7. The highest BCUT2D eigenvalue weighted by Gasteiger charge is 2.48. The Morgan fingerprint density at radius 2 is 1.67 bits per heavy atom. The van der Waals surface area contributed by atoms with Gasteiger partial charge in [0, 0.05) is 25.2 Å². The average Bonchev–Trinajstić information content (AvgIpc) is 3.67. The minimum atomic E-state index is -0.691. The lowest BCUT2D eigenvalue weighted by Gasteiger charge is -2.42. The molecule has 5 rings (SSSR count). The third kappa shape index (κ3) is 5.38. The van der Waals surface area contributed by atoms with Gasteiger partial charge in [0.25, 0.3) is 5.91 Å². The molecule has 39 heavy (non-hydrogen) atoms. The van der Waals surface area contributed by atoms with Crippen molar-refractivity contribution in [3.05, 3.63) is 58.1 Å². The highest BCUT2D eigenvalue weighted by atomic mass is 16.4. The van der Waals surface area contributed by atoms with E-state index in [9.17, 15) is 24.9 Å². The van der Waals surface area contributed by atoms with Gasteiger partial charge in [-0.1, -0.05) is 57.7 Å². The number of nitrogens with zero attached hydrogens (tertiary/aromatic N) is 2. The van der Waals surface area contributed by atoms with Crippen LogP contribution in [0.5, 0.6) is 11.5 Å². The second-order valence-corrected chi connectivity index (χ2v) is 12.1. The van der Waals surface area contributed by atoms with Crippen LogP contribution in [0.2, 0.25) is 0 Å². The van der Waals surface area contributed by atoms with E-state index in [2.05, 4.69) is 23.1 Å². The Hall–Kier alpha value is -3.06. The van der Waals surface area contributed by atoms with Crippen molar-refractivity contribution < 1.29 is 24.9 Å². The van der Waals surface area contributed by atoms with Crippen LogP contribution in [0.25, 0.3) is 0 Å². The van der Waals surface area contributed by atoms with E-state index in [0.717, 1.165) is 69.0 Å². The summed E-state index contributed by atoms with van der Waals surface area (Å²) < 4.78 is 0. The number of carboxylic acids is 1. The molecule has 2 aromatic carbocycles. The standard InChI is InChI=1S/C32H42N2O5/c1-21(2)26-17-27(29(36)18-28(26)35)30(37)33-19-23-12-11-22(16-24(23)20-33)8-7-15-34(25-9-3-4-10-25)32(31(38)39)13-5-6-14-32/h11-12,16-18,21,25,35-36H,3-10,13-15,19-20H2,1-2H3,(H,38,39). The van der Waals surface area contributed by atoms with E-state index in [-0.39, 0.29) is 28.9 Å². The van der Waals surface area contributed by atoms with Crippen molar-refractivity contribution in [3.63, 3.8) is 0 Å². The third-order valence-corrected chi connectivity index (χ3v) is 9.29. The summed E-state index contributed by atoms with van der Waals surface area (Å²) in [6.07, 6.45) is 9.89. The molecule has 2 fully saturated rings. The lowest BCUT2D eigenvalue weighted by molar-refractivity contribution is -0.153. The molecule has 0 atom stereocenters. The van der Waals surface area contributed by atoms with Gasteiger partial charge in [0.05, 0.1) is 5.56 Å². The van der Waals surface area contributed by atoms with Gasteiger partial charge in [-0.25, -0.2) is 0 Å². The first-order valence-corrected chi connectivity index (χ1v) is 14.7. The predicted octanol–water partition coefficient (Wildman–Crippen LogP) is 5.95. The van der Waals surface area contributed by atoms with Crippen LogP contribution in [0.15, 0.2) is 30.3 Å². The number of rotatable bonds is 9. The summed E-state index contributed by atoms with van der Waals surface area (Å²) in [6.45, 7) is 5.65. The number of aryl methyl sites for hydroxylation is 1. The fourth-order valence-electron chi connectivity index (χ4n) is 7.14. The van der Waals surface area contributed by atoms with Gasteiger partial charge in [0.15, 0.2) is 0 Å². The molecule has 1 aliphatic heterocycles. The van der Waals surface area contributed by atoms with E-state index < -0.39 is 11.5 Å². The van der Waals surface area contributed by atoms with E-state index in [1.807, 2.05) is 13.8 Å². The molecule has 0 radical (unpaired) electrons. The molecule has 3 N–H and O–H groups in total. The van der Waals surface area contributed by atoms with Gasteiger partial charge in [-0.15, -0.1) is 0 Å². The van der Waals surface area contributed by atoms with Gasteiger partial charge in [0.1, 0.15) is 17.0 Å². The van der Waals surface area contributed by atoms with Crippen LogP contribution in [-0.2, 0) is 24.3 Å². The molecule has 7 nitrogen and oxygen atoms in total. The second-order valence-electron chi connectivity index (χ2n) is 12.1. The summed E-state index contributed by atoms with van der Waals surface area (Å²) in [4.78, 5) is 29.9. The Morgan fingerprint density at radius 1 is 0.974 bits per heavy atom. The van der Waals surface area contributed by atoms with Crippen molar-refractivity contribution in [2.24, 2.45) is 0 Å². The average molecular weight is 535 g/mol. The summed E-state index contributed by atoms with van der Waals surface area (Å²) in [5.41, 5.74) is 3.61. The predicted molar refractivity (Wildman–Crippen MR) is 150 cm³/mol. The maximum Gasteiger partial charge on any atom is 0.324 e. The second kappa shape index (κ2) is 11.2. The van der Waals surface area contributed by atoms with Gasteiger partial charge < -0.3 is 20.2 Å². The number of benzene rings is 2. The summed E-state index contributed by atoms with van der Waals surface area (Å²) in [5.74, 6) is -1.06. The first-order chi connectivity index (χ1) is 18.7. The smallest absolute Gasteiger partial charge is 0.324 e. The zero-order valence-corrected chi connectivity index (χ0v) is 23.3. The number of aromatic hydroxyl groups is 2. The topological polar surface area (TPSA) is 101 Å². The number of amides is 1. The van der Waals surface area contributed by atoms with Gasteiger partial charge in [0.2, 0.25) is 0 Å². The molecular formula is C32H42N2O5. The molecule has 0 spiro atoms. The highest BCUT2D eigenvalue weighted by Crippen LogP contribution is 2.40. The molecule has 1 heterocycles. The molecule has 7 heteroatoms. The number of carbonyl (C=O) groups is 2. The van der Waals surface area contributed by atoms with Crippen molar-refractivity contribution in [3.8, 4) is 11.5 Å². The largest absolute Gasteiger partial charge is 0.508 e. The van der Waals surface area contributed by atoms with Crippen molar-refractivity contribution >= 4 is 11.9 Å². The normalized spacial score (nSPS) is 18.8. The monoisotopic (exact) mass is 534 g/mol. The molecule has 2 aliphatic carbocycles. The number of carbonyl (C=O) groups excluding carboxylic acids is 1. The zero-order valence-electron chi connectivity index (χ0n) is 23.3. The Balaban J connectivity index is 1.25. The van der Waals surface area contributed by atoms with E-state index in [4.69, 9.17) is 0 Å². The molecule has 2 aromatic rings. The van der Waals surface area contributed by atoms with Crippen LogP contribution in [0, 0.1) is 0 Å². The first-order valence-electron chi connectivity index (χ1n) is 14.7. The maximum atomic E-state index is 13.3. The van der Waals surface area contributed by atoms with E-state index in [0.29, 0.717) is 24.7 Å². The number of aliphatic carboxylic acids is 1.